The first-order valence-corrected chi connectivity index (χ1v) is 7.75. The predicted molar refractivity (Wildman–Crippen MR) is 81.5 cm³/mol. The zero-order chi connectivity index (χ0) is 14.1. The van der Waals surface area contributed by atoms with Gasteiger partial charge in [-0.3, -0.25) is 4.79 Å². The zero-order valence-corrected chi connectivity index (χ0v) is 12.3. The van der Waals surface area contributed by atoms with Gasteiger partial charge in [-0.2, -0.15) is 11.8 Å². The molecule has 1 aromatic carbocycles. The lowest BCUT2D eigenvalue weighted by atomic mass is 10.2. The molecular formula is C14H22N2O2S. The molecule has 0 heterocycles. The highest BCUT2D eigenvalue weighted by molar-refractivity contribution is 7.98. The molecule has 0 aliphatic rings. The predicted octanol–water partition coefficient (Wildman–Crippen LogP) is 2.15. The number of anilines is 1. The van der Waals surface area contributed by atoms with E-state index in [0.717, 1.165) is 12.3 Å². The summed E-state index contributed by atoms with van der Waals surface area (Å²) in [5, 5.41) is 2.91. The van der Waals surface area contributed by atoms with E-state index in [9.17, 15) is 4.79 Å². The summed E-state index contributed by atoms with van der Waals surface area (Å²) in [6, 6.07) is 7.20. The largest absolute Gasteiger partial charge is 0.493 e. The Labute approximate surface area is 119 Å². The number of rotatable bonds is 8. The Kier molecular flexibility index (Phi) is 7.18. The molecule has 1 amide bonds. The molecule has 1 unspecified atom stereocenters. The average Bonchev–Trinajstić information content (AvgIpc) is 2.37. The van der Waals surface area contributed by atoms with Gasteiger partial charge in [0.25, 0.3) is 0 Å². The molecule has 0 saturated heterocycles. The normalized spacial score (nSPS) is 11.9. The van der Waals surface area contributed by atoms with E-state index in [1.54, 1.807) is 23.9 Å². The van der Waals surface area contributed by atoms with Crippen LogP contribution >= 0.6 is 11.8 Å². The monoisotopic (exact) mass is 282 g/mol. The number of carbonyl (C=O) groups excluding carboxylic acids is 1. The van der Waals surface area contributed by atoms with Crippen LogP contribution in [0.3, 0.4) is 0 Å². The lowest BCUT2D eigenvalue weighted by Gasteiger charge is -2.11. The van der Waals surface area contributed by atoms with Gasteiger partial charge in [0.05, 0.1) is 13.0 Å². The van der Waals surface area contributed by atoms with Gasteiger partial charge in [-0.15, -0.1) is 0 Å². The Bertz CT molecular complexity index is 399. The minimum Gasteiger partial charge on any atom is -0.493 e. The Balaban J connectivity index is 2.17. The molecule has 106 valence electrons. The fourth-order valence-corrected chi connectivity index (χ4v) is 2.27. The van der Waals surface area contributed by atoms with Gasteiger partial charge >= 0.3 is 0 Å². The van der Waals surface area contributed by atoms with Crippen LogP contribution in [0, 0.1) is 5.92 Å². The average molecular weight is 282 g/mol. The lowest BCUT2D eigenvalue weighted by Crippen LogP contribution is -2.30. The van der Waals surface area contributed by atoms with E-state index in [0.29, 0.717) is 30.4 Å². The van der Waals surface area contributed by atoms with Crippen molar-refractivity contribution in [3.8, 4) is 5.75 Å². The molecule has 0 aromatic heterocycles. The van der Waals surface area contributed by atoms with Crippen molar-refractivity contribution in [2.24, 2.45) is 5.92 Å². The molecule has 0 aliphatic heterocycles. The van der Waals surface area contributed by atoms with Crippen LogP contribution < -0.4 is 15.8 Å². The standard InChI is InChI=1S/C14H22N2O2S/c1-11(10-19-2)9-16-14(17)6-7-18-13-5-3-4-12(15)8-13/h3-5,8,11H,6-7,9-10,15H2,1-2H3,(H,16,17). The van der Waals surface area contributed by atoms with Crippen LogP contribution in [0.1, 0.15) is 13.3 Å². The second-order valence-electron chi connectivity index (χ2n) is 4.54. The minimum atomic E-state index is 0.0249. The summed E-state index contributed by atoms with van der Waals surface area (Å²) in [4.78, 5) is 11.6. The molecule has 5 heteroatoms. The summed E-state index contributed by atoms with van der Waals surface area (Å²) in [7, 11) is 0. The van der Waals surface area contributed by atoms with Crippen molar-refractivity contribution in [1.29, 1.82) is 0 Å². The van der Waals surface area contributed by atoms with Crippen molar-refractivity contribution in [2.75, 3.05) is 30.9 Å². The Morgan fingerprint density at radius 1 is 1.53 bits per heavy atom. The Hall–Kier alpha value is -1.36. The summed E-state index contributed by atoms with van der Waals surface area (Å²) >= 11 is 1.79. The smallest absolute Gasteiger partial charge is 0.223 e. The zero-order valence-electron chi connectivity index (χ0n) is 11.5. The molecule has 0 aliphatic carbocycles. The van der Waals surface area contributed by atoms with Crippen molar-refractivity contribution < 1.29 is 9.53 Å². The molecule has 19 heavy (non-hydrogen) atoms. The van der Waals surface area contributed by atoms with Crippen molar-refractivity contribution >= 4 is 23.4 Å². The molecule has 0 saturated carbocycles. The van der Waals surface area contributed by atoms with E-state index in [4.69, 9.17) is 10.5 Å². The van der Waals surface area contributed by atoms with Crippen molar-refractivity contribution in [1.82, 2.24) is 5.32 Å². The summed E-state index contributed by atoms with van der Waals surface area (Å²) in [6.07, 6.45) is 2.43. The van der Waals surface area contributed by atoms with Gasteiger partial charge < -0.3 is 15.8 Å². The number of ether oxygens (including phenoxy) is 1. The molecule has 0 bridgehead atoms. The highest BCUT2D eigenvalue weighted by Gasteiger charge is 2.05. The first kappa shape index (κ1) is 15.7. The van der Waals surface area contributed by atoms with E-state index in [1.165, 1.54) is 0 Å². The number of nitrogens with one attached hydrogen (secondary N) is 1. The maximum absolute atomic E-state index is 11.6. The number of benzene rings is 1. The number of hydrogen-bond donors (Lipinski definition) is 2. The molecular weight excluding hydrogens is 260 g/mol. The maximum atomic E-state index is 11.6. The van der Waals surface area contributed by atoms with E-state index in [2.05, 4.69) is 18.5 Å². The van der Waals surface area contributed by atoms with E-state index in [-0.39, 0.29) is 5.91 Å². The van der Waals surface area contributed by atoms with Crippen LogP contribution in [0.25, 0.3) is 0 Å². The van der Waals surface area contributed by atoms with Gasteiger partial charge in [-0.05, 0) is 30.1 Å². The quantitative estimate of drug-likeness (QED) is 0.717. The maximum Gasteiger partial charge on any atom is 0.223 e. The first-order chi connectivity index (χ1) is 9.11. The van der Waals surface area contributed by atoms with Crippen LogP contribution in [0.15, 0.2) is 24.3 Å². The molecule has 0 radical (unpaired) electrons. The fraction of sp³-hybridized carbons (Fsp3) is 0.500. The van der Waals surface area contributed by atoms with E-state index in [1.807, 2.05) is 12.1 Å². The van der Waals surface area contributed by atoms with Crippen LogP contribution in [0.4, 0.5) is 5.69 Å². The third-order valence-corrected chi connectivity index (χ3v) is 3.46. The topological polar surface area (TPSA) is 64.3 Å². The van der Waals surface area contributed by atoms with E-state index < -0.39 is 0 Å². The number of amides is 1. The fourth-order valence-electron chi connectivity index (χ4n) is 1.59. The lowest BCUT2D eigenvalue weighted by molar-refractivity contribution is -0.121. The molecule has 0 spiro atoms. The van der Waals surface area contributed by atoms with Crippen molar-refractivity contribution in [3.63, 3.8) is 0 Å². The third kappa shape index (κ3) is 6.96. The summed E-state index contributed by atoms with van der Waals surface area (Å²) < 4.78 is 5.47. The molecule has 0 fully saturated rings. The number of carbonyl (C=O) groups is 1. The van der Waals surface area contributed by atoms with Crippen LogP contribution in [0.2, 0.25) is 0 Å². The van der Waals surface area contributed by atoms with Gasteiger partial charge in [-0.1, -0.05) is 13.0 Å². The van der Waals surface area contributed by atoms with Crippen molar-refractivity contribution in [3.05, 3.63) is 24.3 Å². The number of thioether (sulfide) groups is 1. The van der Waals surface area contributed by atoms with Gasteiger partial charge in [0, 0.05) is 18.3 Å². The Morgan fingerprint density at radius 3 is 3.00 bits per heavy atom. The van der Waals surface area contributed by atoms with E-state index >= 15 is 0 Å². The minimum absolute atomic E-state index is 0.0249. The summed E-state index contributed by atoms with van der Waals surface area (Å²) in [5.41, 5.74) is 6.30. The second-order valence-corrected chi connectivity index (χ2v) is 5.45. The van der Waals surface area contributed by atoms with Gasteiger partial charge in [0.2, 0.25) is 5.91 Å². The van der Waals surface area contributed by atoms with Gasteiger partial charge in [0.1, 0.15) is 5.75 Å². The highest BCUT2D eigenvalue weighted by Crippen LogP contribution is 2.14. The molecule has 4 nitrogen and oxygen atoms in total. The van der Waals surface area contributed by atoms with Crippen molar-refractivity contribution in [2.45, 2.75) is 13.3 Å². The van der Waals surface area contributed by atoms with Gasteiger partial charge in [-0.25, -0.2) is 0 Å². The molecule has 3 N–H and O–H groups in total. The third-order valence-electron chi connectivity index (χ3n) is 2.55. The highest BCUT2D eigenvalue weighted by atomic mass is 32.2. The molecule has 1 rings (SSSR count). The molecule has 1 aromatic rings. The summed E-state index contributed by atoms with van der Waals surface area (Å²) in [6.45, 7) is 3.21. The van der Waals surface area contributed by atoms with Gasteiger partial charge in [0.15, 0.2) is 0 Å². The summed E-state index contributed by atoms with van der Waals surface area (Å²) in [5.74, 6) is 2.27. The first-order valence-electron chi connectivity index (χ1n) is 6.35. The van der Waals surface area contributed by atoms with Crippen LogP contribution in [0.5, 0.6) is 5.75 Å². The number of nitrogens with two attached hydrogens (primary N) is 1. The number of hydrogen-bond acceptors (Lipinski definition) is 4. The SMILES string of the molecule is CSCC(C)CNC(=O)CCOc1cccc(N)c1. The molecule has 1 atom stereocenters. The number of nitrogen functional groups attached to an aromatic ring is 1. The second kappa shape index (κ2) is 8.69. The van der Waals surface area contributed by atoms with Crippen LogP contribution in [-0.2, 0) is 4.79 Å². The van der Waals surface area contributed by atoms with Crippen LogP contribution in [-0.4, -0.2) is 31.1 Å². The Morgan fingerprint density at radius 2 is 2.32 bits per heavy atom.